The van der Waals surface area contributed by atoms with Gasteiger partial charge in [0.05, 0.1) is 6.61 Å². The van der Waals surface area contributed by atoms with Gasteiger partial charge in [-0.1, -0.05) is 17.7 Å². The fourth-order valence-corrected chi connectivity index (χ4v) is 2.02. The summed E-state index contributed by atoms with van der Waals surface area (Å²) in [7, 11) is 1.74. The van der Waals surface area contributed by atoms with Crippen LogP contribution in [-0.4, -0.2) is 26.8 Å². The van der Waals surface area contributed by atoms with Crippen LogP contribution in [0.1, 0.15) is 39.0 Å². The number of allylic oxidation sites excluding steroid dienone is 3. The highest BCUT2D eigenvalue weighted by atomic mass is 16.5. The number of hydrogen-bond acceptors (Lipinski definition) is 2. The summed E-state index contributed by atoms with van der Waals surface area (Å²) in [6.45, 7) is 5.04. The van der Waals surface area contributed by atoms with Crippen molar-refractivity contribution in [3.05, 3.63) is 23.3 Å². The molecule has 0 bridgehead atoms. The highest BCUT2D eigenvalue weighted by molar-refractivity contribution is 5.29. The standard InChI is InChI=1S/C14H25NO/c1-13(14-8-4-3-5-9-14)7-6-10-15-11-12-16-2/h7-8,15H,3-6,9-12H2,1-2H3/b13-7-. The summed E-state index contributed by atoms with van der Waals surface area (Å²) < 4.78 is 4.98. The van der Waals surface area contributed by atoms with Crippen molar-refractivity contribution in [2.24, 2.45) is 0 Å². The van der Waals surface area contributed by atoms with Crippen LogP contribution in [0.4, 0.5) is 0 Å². The minimum absolute atomic E-state index is 0.799. The van der Waals surface area contributed by atoms with Gasteiger partial charge >= 0.3 is 0 Å². The van der Waals surface area contributed by atoms with Crippen molar-refractivity contribution in [2.45, 2.75) is 39.0 Å². The van der Waals surface area contributed by atoms with E-state index in [1.54, 1.807) is 12.7 Å². The van der Waals surface area contributed by atoms with Gasteiger partial charge in [-0.2, -0.15) is 0 Å². The van der Waals surface area contributed by atoms with Crippen molar-refractivity contribution in [1.82, 2.24) is 5.32 Å². The van der Waals surface area contributed by atoms with Crippen LogP contribution in [0.15, 0.2) is 23.3 Å². The molecule has 0 radical (unpaired) electrons. The molecule has 0 aromatic carbocycles. The maximum Gasteiger partial charge on any atom is 0.0587 e. The van der Waals surface area contributed by atoms with Gasteiger partial charge in [-0.3, -0.25) is 0 Å². The Morgan fingerprint density at radius 1 is 1.44 bits per heavy atom. The Morgan fingerprint density at radius 3 is 3.00 bits per heavy atom. The first-order valence-electron chi connectivity index (χ1n) is 6.40. The Balaban J connectivity index is 2.15. The van der Waals surface area contributed by atoms with E-state index in [4.69, 9.17) is 4.74 Å². The number of methoxy groups -OCH3 is 1. The molecule has 0 aromatic rings. The van der Waals surface area contributed by atoms with Crippen LogP contribution in [-0.2, 0) is 4.74 Å². The first-order chi connectivity index (χ1) is 7.84. The number of ether oxygens (including phenoxy) is 1. The van der Waals surface area contributed by atoms with E-state index in [-0.39, 0.29) is 0 Å². The molecule has 0 saturated heterocycles. The smallest absolute Gasteiger partial charge is 0.0587 e. The maximum atomic E-state index is 4.98. The van der Waals surface area contributed by atoms with E-state index in [2.05, 4.69) is 24.4 Å². The van der Waals surface area contributed by atoms with E-state index in [0.29, 0.717) is 0 Å². The summed E-state index contributed by atoms with van der Waals surface area (Å²) in [6, 6.07) is 0. The molecule has 2 heteroatoms. The first kappa shape index (κ1) is 13.5. The van der Waals surface area contributed by atoms with Crippen LogP contribution in [0.3, 0.4) is 0 Å². The lowest BCUT2D eigenvalue weighted by atomic mass is 9.94. The highest BCUT2D eigenvalue weighted by Crippen LogP contribution is 2.23. The number of hydrogen-bond donors (Lipinski definition) is 1. The normalized spacial score (nSPS) is 17.4. The molecule has 16 heavy (non-hydrogen) atoms. The summed E-state index contributed by atoms with van der Waals surface area (Å²) in [6.07, 6.45) is 11.2. The van der Waals surface area contributed by atoms with Gasteiger partial charge in [-0.25, -0.2) is 0 Å². The third-order valence-electron chi connectivity index (χ3n) is 3.05. The van der Waals surface area contributed by atoms with E-state index in [0.717, 1.165) is 26.1 Å². The van der Waals surface area contributed by atoms with E-state index in [1.807, 2.05) is 0 Å². The molecule has 0 atom stereocenters. The summed E-state index contributed by atoms with van der Waals surface area (Å²) >= 11 is 0. The Morgan fingerprint density at radius 2 is 2.31 bits per heavy atom. The van der Waals surface area contributed by atoms with Crippen LogP contribution in [0.5, 0.6) is 0 Å². The zero-order valence-corrected chi connectivity index (χ0v) is 10.7. The lowest BCUT2D eigenvalue weighted by Gasteiger charge is -2.13. The average molecular weight is 223 g/mol. The minimum atomic E-state index is 0.799. The second kappa shape index (κ2) is 8.54. The van der Waals surface area contributed by atoms with Crippen molar-refractivity contribution in [2.75, 3.05) is 26.8 Å². The van der Waals surface area contributed by atoms with Gasteiger partial charge in [0.2, 0.25) is 0 Å². The predicted octanol–water partition coefficient (Wildman–Crippen LogP) is 3.06. The number of rotatable bonds is 7. The van der Waals surface area contributed by atoms with Crippen LogP contribution in [0, 0.1) is 0 Å². The molecule has 92 valence electrons. The lowest BCUT2D eigenvalue weighted by molar-refractivity contribution is 0.199. The van der Waals surface area contributed by atoms with Gasteiger partial charge in [0, 0.05) is 13.7 Å². The Hall–Kier alpha value is -0.600. The second-order valence-corrected chi connectivity index (χ2v) is 4.39. The number of nitrogens with one attached hydrogen (secondary N) is 1. The summed E-state index contributed by atoms with van der Waals surface area (Å²) in [5.41, 5.74) is 3.05. The average Bonchev–Trinajstić information content (AvgIpc) is 2.34. The molecule has 0 amide bonds. The van der Waals surface area contributed by atoms with E-state index >= 15 is 0 Å². The molecular formula is C14H25NO. The third-order valence-corrected chi connectivity index (χ3v) is 3.05. The monoisotopic (exact) mass is 223 g/mol. The Labute approximate surface area is 99.8 Å². The molecule has 1 aliphatic rings. The fraction of sp³-hybridized carbons (Fsp3) is 0.714. The van der Waals surface area contributed by atoms with Gasteiger partial charge in [-0.15, -0.1) is 0 Å². The van der Waals surface area contributed by atoms with Crippen LogP contribution < -0.4 is 5.32 Å². The van der Waals surface area contributed by atoms with Gasteiger partial charge in [0.25, 0.3) is 0 Å². The van der Waals surface area contributed by atoms with Crippen molar-refractivity contribution in [3.63, 3.8) is 0 Å². The molecule has 0 unspecified atom stereocenters. The van der Waals surface area contributed by atoms with Crippen molar-refractivity contribution < 1.29 is 4.74 Å². The predicted molar refractivity (Wildman–Crippen MR) is 69.7 cm³/mol. The molecule has 0 heterocycles. The molecule has 0 fully saturated rings. The zero-order valence-electron chi connectivity index (χ0n) is 10.7. The van der Waals surface area contributed by atoms with Crippen LogP contribution in [0.25, 0.3) is 0 Å². The van der Waals surface area contributed by atoms with E-state index < -0.39 is 0 Å². The molecule has 1 N–H and O–H groups in total. The van der Waals surface area contributed by atoms with Crippen LogP contribution in [0.2, 0.25) is 0 Å². The van der Waals surface area contributed by atoms with Crippen molar-refractivity contribution in [3.8, 4) is 0 Å². The van der Waals surface area contributed by atoms with E-state index in [1.165, 1.54) is 31.3 Å². The fourth-order valence-electron chi connectivity index (χ4n) is 2.02. The zero-order chi connectivity index (χ0) is 11.6. The highest BCUT2D eigenvalue weighted by Gasteiger charge is 2.04. The molecule has 0 spiro atoms. The molecule has 0 aromatic heterocycles. The summed E-state index contributed by atoms with van der Waals surface area (Å²) in [4.78, 5) is 0. The molecule has 1 rings (SSSR count). The van der Waals surface area contributed by atoms with Gasteiger partial charge in [0.15, 0.2) is 0 Å². The molecular weight excluding hydrogens is 198 g/mol. The molecule has 2 nitrogen and oxygen atoms in total. The molecule has 0 saturated carbocycles. The Bertz CT molecular complexity index is 243. The maximum absolute atomic E-state index is 4.98. The Kier molecular flexibility index (Phi) is 7.19. The third kappa shape index (κ3) is 5.47. The topological polar surface area (TPSA) is 21.3 Å². The molecule has 1 aliphatic carbocycles. The van der Waals surface area contributed by atoms with E-state index in [9.17, 15) is 0 Å². The minimum Gasteiger partial charge on any atom is -0.383 e. The van der Waals surface area contributed by atoms with Crippen molar-refractivity contribution in [1.29, 1.82) is 0 Å². The molecule has 0 aliphatic heterocycles. The summed E-state index contributed by atoms with van der Waals surface area (Å²) in [5.74, 6) is 0. The van der Waals surface area contributed by atoms with Gasteiger partial charge < -0.3 is 10.1 Å². The summed E-state index contributed by atoms with van der Waals surface area (Å²) in [5, 5.41) is 3.36. The SMILES string of the molecule is COCCNCC/C=C(/C)C1=CCCCC1. The van der Waals surface area contributed by atoms with Crippen LogP contribution >= 0.6 is 0 Å². The second-order valence-electron chi connectivity index (χ2n) is 4.39. The quantitative estimate of drug-likeness (QED) is 0.670. The lowest BCUT2D eigenvalue weighted by Crippen LogP contribution is -2.19. The first-order valence-corrected chi connectivity index (χ1v) is 6.40. The van der Waals surface area contributed by atoms with Gasteiger partial charge in [-0.05, 0) is 51.1 Å². The van der Waals surface area contributed by atoms with Gasteiger partial charge in [0.1, 0.15) is 0 Å². The van der Waals surface area contributed by atoms with Crippen molar-refractivity contribution >= 4 is 0 Å². The largest absolute Gasteiger partial charge is 0.383 e.